The van der Waals surface area contributed by atoms with Crippen LogP contribution >= 0.6 is 0 Å². The van der Waals surface area contributed by atoms with Crippen LogP contribution in [0.5, 0.6) is 0 Å². The van der Waals surface area contributed by atoms with Gasteiger partial charge in [-0.15, -0.1) is 0 Å². The van der Waals surface area contributed by atoms with Gasteiger partial charge in [0.15, 0.2) is 0 Å². The lowest BCUT2D eigenvalue weighted by Crippen LogP contribution is -2.57. The lowest BCUT2D eigenvalue weighted by atomic mass is 9.98. The third kappa shape index (κ3) is 5.21. The number of esters is 1. The molecule has 27 heavy (non-hydrogen) atoms. The molecule has 1 aliphatic heterocycles. The summed E-state index contributed by atoms with van der Waals surface area (Å²) < 4.78 is 10.8. The van der Waals surface area contributed by atoms with Gasteiger partial charge in [-0.3, -0.25) is 4.79 Å². The minimum atomic E-state index is -0.593. The van der Waals surface area contributed by atoms with E-state index in [0.717, 1.165) is 31.2 Å². The van der Waals surface area contributed by atoms with Crippen LogP contribution in [0.15, 0.2) is 30.3 Å². The number of carbonyl (C=O) groups excluding carboxylic acids is 3. The van der Waals surface area contributed by atoms with E-state index in [1.807, 2.05) is 30.3 Å². The van der Waals surface area contributed by atoms with Crippen molar-refractivity contribution in [1.29, 1.82) is 0 Å². The molecule has 1 aromatic carbocycles. The molecular formula is C20H26N2O5. The number of carbonyl (C=O) groups is 3. The minimum absolute atomic E-state index is 0.133. The van der Waals surface area contributed by atoms with Crippen molar-refractivity contribution in [1.82, 2.24) is 10.2 Å². The fourth-order valence-corrected chi connectivity index (χ4v) is 3.59. The third-order valence-electron chi connectivity index (χ3n) is 5.08. The first-order valence-corrected chi connectivity index (χ1v) is 9.46. The third-order valence-corrected chi connectivity index (χ3v) is 5.08. The van der Waals surface area contributed by atoms with E-state index < -0.39 is 18.1 Å². The molecule has 146 valence electrons. The molecule has 7 nitrogen and oxygen atoms in total. The maximum Gasteiger partial charge on any atom is 0.410 e. The summed E-state index contributed by atoms with van der Waals surface area (Å²) in [6.45, 7) is 2.25. The Morgan fingerprint density at radius 1 is 1.15 bits per heavy atom. The van der Waals surface area contributed by atoms with Crippen LogP contribution < -0.4 is 5.32 Å². The lowest BCUT2D eigenvalue weighted by Gasteiger charge is -2.38. The Bertz CT molecular complexity index is 666. The normalized spacial score (nSPS) is 18.5. The van der Waals surface area contributed by atoms with Crippen LogP contribution in [0.4, 0.5) is 4.79 Å². The summed E-state index contributed by atoms with van der Waals surface area (Å²) in [4.78, 5) is 37.4. The zero-order valence-corrected chi connectivity index (χ0v) is 15.6. The molecule has 0 radical (unpaired) electrons. The molecule has 0 spiro atoms. The van der Waals surface area contributed by atoms with E-state index >= 15 is 0 Å². The molecule has 1 N–H and O–H groups in total. The zero-order valence-electron chi connectivity index (χ0n) is 15.6. The Morgan fingerprint density at radius 3 is 2.44 bits per heavy atom. The van der Waals surface area contributed by atoms with Crippen molar-refractivity contribution in [3.05, 3.63) is 35.9 Å². The maximum absolute atomic E-state index is 12.5. The Balaban J connectivity index is 1.42. The Morgan fingerprint density at radius 2 is 1.81 bits per heavy atom. The van der Waals surface area contributed by atoms with Gasteiger partial charge in [0, 0.05) is 6.92 Å². The number of hydrogen-bond donors (Lipinski definition) is 1. The Labute approximate surface area is 159 Å². The number of nitrogens with one attached hydrogen (secondary N) is 1. The minimum Gasteiger partial charge on any atom is -0.457 e. The summed E-state index contributed by atoms with van der Waals surface area (Å²) in [5.74, 6) is -0.503. The second-order valence-electron chi connectivity index (χ2n) is 7.23. The zero-order chi connectivity index (χ0) is 19.2. The van der Waals surface area contributed by atoms with Crippen LogP contribution in [0.1, 0.15) is 38.2 Å². The van der Waals surface area contributed by atoms with Gasteiger partial charge in [-0.2, -0.15) is 0 Å². The highest BCUT2D eigenvalue weighted by Gasteiger charge is 2.38. The Kier molecular flexibility index (Phi) is 6.32. The molecule has 2 amide bonds. The standard InChI is InChI=1S/C20H26N2O5/c1-14(23)21-18(16-9-5-6-10-16)19(24)27-17-11-22(12-17)20(25)26-13-15-7-3-2-4-8-15/h2-4,7-8,16-18H,5-6,9-13H2,1H3,(H,21,23)/t18-/m1/s1. The van der Waals surface area contributed by atoms with Gasteiger partial charge in [0.1, 0.15) is 18.8 Å². The van der Waals surface area contributed by atoms with E-state index in [0.29, 0.717) is 13.1 Å². The second-order valence-corrected chi connectivity index (χ2v) is 7.23. The second kappa shape index (κ2) is 8.88. The van der Waals surface area contributed by atoms with Crippen LogP contribution in [-0.4, -0.2) is 48.1 Å². The fourth-order valence-electron chi connectivity index (χ4n) is 3.59. The molecule has 1 saturated carbocycles. The summed E-state index contributed by atoms with van der Waals surface area (Å²) >= 11 is 0. The molecule has 3 rings (SSSR count). The number of likely N-dealkylation sites (tertiary alicyclic amines) is 1. The van der Waals surface area contributed by atoms with Crippen LogP contribution in [0.2, 0.25) is 0 Å². The molecular weight excluding hydrogens is 348 g/mol. The summed E-state index contributed by atoms with van der Waals surface area (Å²) in [6, 6.07) is 8.86. The molecule has 7 heteroatoms. The monoisotopic (exact) mass is 374 g/mol. The predicted octanol–water partition coefficient (Wildman–Crippen LogP) is 2.25. The van der Waals surface area contributed by atoms with E-state index in [4.69, 9.17) is 9.47 Å². The molecule has 1 aliphatic carbocycles. The molecule has 0 aromatic heterocycles. The van der Waals surface area contributed by atoms with E-state index in [2.05, 4.69) is 5.32 Å². The van der Waals surface area contributed by atoms with Crippen molar-refractivity contribution in [3.8, 4) is 0 Å². The SMILES string of the molecule is CC(=O)N[C@@H](C(=O)OC1CN(C(=O)OCc2ccccc2)C1)C1CCCC1. The van der Waals surface area contributed by atoms with Gasteiger partial charge in [0.25, 0.3) is 0 Å². The van der Waals surface area contributed by atoms with Gasteiger partial charge in [0.2, 0.25) is 5.91 Å². The summed E-state index contributed by atoms with van der Waals surface area (Å²) in [6.07, 6.45) is 3.21. The molecule has 1 atom stereocenters. The topological polar surface area (TPSA) is 84.9 Å². The van der Waals surface area contributed by atoms with Crippen molar-refractivity contribution < 1.29 is 23.9 Å². The smallest absolute Gasteiger partial charge is 0.410 e. The highest BCUT2D eigenvalue weighted by molar-refractivity contribution is 5.83. The predicted molar refractivity (Wildman–Crippen MR) is 97.6 cm³/mol. The average Bonchev–Trinajstić information content (AvgIpc) is 3.15. The van der Waals surface area contributed by atoms with Gasteiger partial charge in [-0.1, -0.05) is 43.2 Å². The molecule has 2 aliphatic rings. The van der Waals surface area contributed by atoms with Gasteiger partial charge < -0.3 is 19.7 Å². The van der Waals surface area contributed by atoms with Crippen LogP contribution in [0.25, 0.3) is 0 Å². The van der Waals surface area contributed by atoms with Crippen molar-refractivity contribution in [2.45, 2.75) is 51.4 Å². The first-order valence-electron chi connectivity index (χ1n) is 9.46. The lowest BCUT2D eigenvalue weighted by molar-refractivity contribution is -0.161. The quantitative estimate of drug-likeness (QED) is 0.772. The number of hydrogen-bond acceptors (Lipinski definition) is 5. The number of amides is 2. The van der Waals surface area contributed by atoms with Gasteiger partial charge in [-0.25, -0.2) is 9.59 Å². The summed E-state index contributed by atoms with van der Waals surface area (Å²) in [5.41, 5.74) is 0.920. The number of nitrogens with zero attached hydrogens (tertiary/aromatic N) is 1. The average molecular weight is 374 g/mol. The molecule has 1 heterocycles. The van der Waals surface area contributed by atoms with Gasteiger partial charge in [-0.05, 0) is 24.3 Å². The summed E-state index contributed by atoms with van der Waals surface area (Å²) in [5, 5.41) is 2.73. The number of ether oxygens (including phenoxy) is 2. The van der Waals surface area contributed by atoms with Crippen molar-refractivity contribution in [2.75, 3.05) is 13.1 Å². The molecule has 0 unspecified atom stereocenters. The Hall–Kier alpha value is -2.57. The molecule has 0 bridgehead atoms. The highest BCUT2D eigenvalue weighted by Crippen LogP contribution is 2.29. The van der Waals surface area contributed by atoms with Crippen LogP contribution in [0.3, 0.4) is 0 Å². The number of benzene rings is 1. The van der Waals surface area contributed by atoms with Crippen LogP contribution in [0, 0.1) is 5.92 Å². The first-order chi connectivity index (χ1) is 13.0. The molecule has 2 fully saturated rings. The maximum atomic E-state index is 12.5. The van der Waals surface area contributed by atoms with Crippen molar-refractivity contribution in [3.63, 3.8) is 0 Å². The fraction of sp³-hybridized carbons (Fsp3) is 0.550. The van der Waals surface area contributed by atoms with E-state index in [1.54, 1.807) is 0 Å². The van der Waals surface area contributed by atoms with E-state index in [9.17, 15) is 14.4 Å². The summed E-state index contributed by atoms with van der Waals surface area (Å²) in [7, 11) is 0. The van der Waals surface area contributed by atoms with E-state index in [-0.39, 0.29) is 24.5 Å². The van der Waals surface area contributed by atoms with Gasteiger partial charge >= 0.3 is 12.1 Å². The van der Waals surface area contributed by atoms with E-state index in [1.165, 1.54) is 11.8 Å². The molecule has 1 saturated heterocycles. The van der Waals surface area contributed by atoms with Crippen molar-refractivity contribution >= 4 is 18.0 Å². The first kappa shape index (κ1) is 19.2. The van der Waals surface area contributed by atoms with Gasteiger partial charge in [0.05, 0.1) is 13.1 Å². The largest absolute Gasteiger partial charge is 0.457 e. The van der Waals surface area contributed by atoms with Crippen molar-refractivity contribution in [2.24, 2.45) is 5.92 Å². The number of rotatable bonds is 6. The van der Waals surface area contributed by atoms with Crippen LogP contribution in [-0.2, 0) is 25.7 Å². The highest BCUT2D eigenvalue weighted by atomic mass is 16.6. The molecule has 1 aromatic rings.